The molecule has 0 spiro atoms. The largest absolute Gasteiger partial charge is 0.345 e. The van der Waals surface area contributed by atoms with E-state index in [4.69, 9.17) is 0 Å². The number of rotatable bonds is 4. The second-order valence-corrected chi connectivity index (χ2v) is 3.66. The second-order valence-electron chi connectivity index (χ2n) is 3.66. The Bertz CT molecular complexity index is 264. The van der Waals surface area contributed by atoms with Crippen LogP contribution in [0.15, 0.2) is 0 Å². The minimum Gasteiger partial charge on any atom is -0.345 e. The van der Waals surface area contributed by atoms with Crippen molar-refractivity contribution in [3.05, 3.63) is 0 Å². The van der Waals surface area contributed by atoms with Gasteiger partial charge in [-0.2, -0.15) is 0 Å². The first-order chi connectivity index (χ1) is 7.12. The molecule has 1 heterocycles. The fourth-order valence-electron chi connectivity index (χ4n) is 2.15. The Labute approximate surface area is 88.8 Å². The first kappa shape index (κ1) is 11.9. The van der Waals surface area contributed by atoms with Gasteiger partial charge in [-0.1, -0.05) is 13.8 Å². The van der Waals surface area contributed by atoms with E-state index in [1.807, 2.05) is 13.8 Å². The van der Waals surface area contributed by atoms with Crippen molar-refractivity contribution in [2.75, 3.05) is 19.8 Å². The summed E-state index contributed by atoms with van der Waals surface area (Å²) in [6.45, 7) is 3.06. The van der Waals surface area contributed by atoms with Gasteiger partial charge in [0.15, 0.2) is 0 Å². The number of hydrogen-bond acceptors (Lipinski definition) is 2. The molecule has 1 fully saturated rings. The van der Waals surface area contributed by atoms with Crippen LogP contribution in [-0.4, -0.2) is 42.0 Å². The van der Waals surface area contributed by atoms with Gasteiger partial charge in [-0.05, 0) is 12.8 Å². The van der Waals surface area contributed by atoms with E-state index in [-0.39, 0.29) is 24.9 Å². The van der Waals surface area contributed by atoms with Crippen LogP contribution in [-0.2, 0) is 9.59 Å². The van der Waals surface area contributed by atoms with Crippen LogP contribution >= 0.6 is 0 Å². The SMILES string of the molecule is CCC1(CC)C(=O)NCC(=O)N1CCF. The van der Waals surface area contributed by atoms with Gasteiger partial charge in [-0.25, -0.2) is 4.39 Å². The highest BCUT2D eigenvalue weighted by molar-refractivity contribution is 5.97. The molecule has 1 aliphatic heterocycles. The third kappa shape index (κ3) is 1.82. The van der Waals surface area contributed by atoms with Gasteiger partial charge in [0.25, 0.3) is 0 Å². The summed E-state index contributed by atoms with van der Waals surface area (Å²) in [7, 11) is 0. The van der Waals surface area contributed by atoms with Crippen LogP contribution < -0.4 is 5.32 Å². The van der Waals surface area contributed by atoms with Gasteiger partial charge in [0, 0.05) is 0 Å². The van der Waals surface area contributed by atoms with E-state index >= 15 is 0 Å². The van der Waals surface area contributed by atoms with E-state index in [2.05, 4.69) is 5.32 Å². The molecule has 86 valence electrons. The van der Waals surface area contributed by atoms with E-state index < -0.39 is 12.2 Å². The maximum absolute atomic E-state index is 12.4. The molecule has 0 saturated carbocycles. The Morgan fingerprint density at radius 2 is 2.00 bits per heavy atom. The Kier molecular flexibility index (Phi) is 3.66. The molecule has 0 aromatic rings. The summed E-state index contributed by atoms with van der Waals surface area (Å²) in [5.74, 6) is -0.364. The van der Waals surface area contributed by atoms with Crippen molar-refractivity contribution in [1.82, 2.24) is 10.2 Å². The van der Waals surface area contributed by atoms with Gasteiger partial charge >= 0.3 is 0 Å². The van der Waals surface area contributed by atoms with Crippen molar-refractivity contribution in [2.45, 2.75) is 32.2 Å². The van der Waals surface area contributed by atoms with E-state index in [9.17, 15) is 14.0 Å². The van der Waals surface area contributed by atoms with Crippen molar-refractivity contribution >= 4 is 11.8 Å². The van der Waals surface area contributed by atoms with Crippen LogP contribution in [0.5, 0.6) is 0 Å². The van der Waals surface area contributed by atoms with Crippen LogP contribution in [0.3, 0.4) is 0 Å². The van der Waals surface area contributed by atoms with Gasteiger partial charge in [0.1, 0.15) is 12.2 Å². The molecular weight excluding hydrogens is 199 g/mol. The van der Waals surface area contributed by atoms with Gasteiger partial charge in [-0.15, -0.1) is 0 Å². The Hall–Kier alpha value is -1.13. The predicted molar refractivity (Wildman–Crippen MR) is 54.0 cm³/mol. The highest BCUT2D eigenvalue weighted by Crippen LogP contribution is 2.26. The lowest BCUT2D eigenvalue weighted by Crippen LogP contribution is -2.67. The lowest BCUT2D eigenvalue weighted by molar-refractivity contribution is -0.154. The number of hydrogen-bond donors (Lipinski definition) is 1. The van der Waals surface area contributed by atoms with Gasteiger partial charge in [0.05, 0.1) is 13.1 Å². The van der Waals surface area contributed by atoms with Crippen LogP contribution in [0.2, 0.25) is 0 Å². The summed E-state index contributed by atoms with van der Waals surface area (Å²) in [5.41, 5.74) is -0.846. The maximum Gasteiger partial charge on any atom is 0.246 e. The summed E-state index contributed by atoms with van der Waals surface area (Å²) < 4.78 is 12.4. The fraction of sp³-hybridized carbons (Fsp3) is 0.800. The summed E-state index contributed by atoms with van der Waals surface area (Å²) in [5, 5.41) is 2.56. The smallest absolute Gasteiger partial charge is 0.246 e. The molecule has 1 rings (SSSR count). The average molecular weight is 216 g/mol. The minimum absolute atomic E-state index is 0.00787. The molecule has 0 aromatic heterocycles. The van der Waals surface area contributed by atoms with Crippen molar-refractivity contribution < 1.29 is 14.0 Å². The molecule has 0 aliphatic carbocycles. The van der Waals surface area contributed by atoms with Crippen LogP contribution in [0.4, 0.5) is 4.39 Å². The molecule has 5 heteroatoms. The topological polar surface area (TPSA) is 49.4 Å². The molecular formula is C10H17FN2O2. The first-order valence-electron chi connectivity index (χ1n) is 5.27. The van der Waals surface area contributed by atoms with Crippen molar-refractivity contribution in [2.24, 2.45) is 0 Å². The van der Waals surface area contributed by atoms with Gasteiger partial charge < -0.3 is 10.2 Å². The number of nitrogens with zero attached hydrogens (tertiary/aromatic N) is 1. The lowest BCUT2D eigenvalue weighted by Gasteiger charge is -2.44. The standard InChI is InChI=1S/C10H17FN2O2/c1-3-10(4-2)9(15)12-7-8(14)13(10)6-5-11/h3-7H2,1-2H3,(H,12,15). The third-order valence-corrected chi connectivity index (χ3v) is 3.12. The number of piperazine rings is 1. The highest BCUT2D eigenvalue weighted by Gasteiger charge is 2.46. The molecule has 0 atom stereocenters. The molecule has 1 aliphatic rings. The summed E-state index contributed by atoms with van der Waals surface area (Å²) in [6, 6.07) is 0. The number of halogens is 1. The van der Waals surface area contributed by atoms with Crippen LogP contribution in [0.25, 0.3) is 0 Å². The number of nitrogens with one attached hydrogen (secondary N) is 1. The quantitative estimate of drug-likeness (QED) is 0.742. The predicted octanol–water partition coefficient (Wildman–Crippen LogP) is 0.473. The van der Waals surface area contributed by atoms with E-state index in [0.29, 0.717) is 12.8 Å². The Balaban J connectivity index is 3.01. The van der Waals surface area contributed by atoms with Crippen LogP contribution in [0.1, 0.15) is 26.7 Å². The molecule has 0 radical (unpaired) electrons. The summed E-state index contributed by atoms with van der Waals surface area (Å²) >= 11 is 0. The number of amides is 2. The lowest BCUT2D eigenvalue weighted by atomic mass is 9.87. The molecule has 15 heavy (non-hydrogen) atoms. The van der Waals surface area contributed by atoms with Gasteiger partial charge in [0.2, 0.25) is 11.8 Å². The second kappa shape index (κ2) is 4.59. The molecule has 0 unspecified atom stereocenters. The zero-order valence-electron chi connectivity index (χ0n) is 9.18. The fourth-order valence-corrected chi connectivity index (χ4v) is 2.15. The Morgan fingerprint density at radius 3 is 2.47 bits per heavy atom. The number of carbonyl (C=O) groups excluding carboxylic acids is 2. The number of alkyl halides is 1. The third-order valence-electron chi connectivity index (χ3n) is 3.12. The zero-order chi connectivity index (χ0) is 11.5. The molecule has 0 bridgehead atoms. The Morgan fingerprint density at radius 1 is 1.40 bits per heavy atom. The van der Waals surface area contributed by atoms with Crippen molar-refractivity contribution in [3.63, 3.8) is 0 Å². The highest BCUT2D eigenvalue weighted by atomic mass is 19.1. The molecule has 0 aromatic carbocycles. The summed E-state index contributed by atoms with van der Waals surface area (Å²) in [6.07, 6.45) is 1.03. The maximum atomic E-state index is 12.4. The minimum atomic E-state index is -0.846. The van der Waals surface area contributed by atoms with Gasteiger partial charge in [-0.3, -0.25) is 9.59 Å². The normalized spacial score (nSPS) is 20.3. The molecule has 4 nitrogen and oxygen atoms in total. The van der Waals surface area contributed by atoms with Crippen molar-refractivity contribution in [3.8, 4) is 0 Å². The molecule has 1 saturated heterocycles. The average Bonchev–Trinajstić information content (AvgIpc) is 2.25. The van der Waals surface area contributed by atoms with E-state index in [0.717, 1.165) is 0 Å². The molecule has 1 N–H and O–H groups in total. The zero-order valence-corrected chi connectivity index (χ0v) is 9.18. The van der Waals surface area contributed by atoms with E-state index in [1.165, 1.54) is 4.90 Å². The summed E-state index contributed by atoms with van der Waals surface area (Å²) in [4.78, 5) is 24.8. The van der Waals surface area contributed by atoms with Crippen molar-refractivity contribution in [1.29, 1.82) is 0 Å². The number of carbonyl (C=O) groups is 2. The van der Waals surface area contributed by atoms with Crippen LogP contribution in [0, 0.1) is 0 Å². The monoisotopic (exact) mass is 216 g/mol. The first-order valence-corrected chi connectivity index (χ1v) is 5.27. The van der Waals surface area contributed by atoms with E-state index in [1.54, 1.807) is 0 Å². The molecule has 2 amide bonds.